The Kier molecular flexibility index (Phi) is 3.51. The van der Waals surface area contributed by atoms with Gasteiger partial charge in [0.1, 0.15) is 0 Å². The van der Waals surface area contributed by atoms with Crippen LogP contribution in [-0.2, 0) is 9.84 Å². The standard InChI is InChI=1S/C12H17NO3S2/c1-8-6-17-7-11(8)12(14)13-4-5-18(15,16)10(3)9(13)2/h6-7,9-10H,4-5H2,1-3H3. The fourth-order valence-electron chi connectivity index (χ4n) is 2.19. The van der Waals surface area contributed by atoms with Crippen molar-refractivity contribution >= 4 is 27.1 Å². The summed E-state index contributed by atoms with van der Waals surface area (Å²) in [5.74, 6) is 0.0102. The van der Waals surface area contributed by atoms with E-state index in [1.807, 2.05) is 17.7 Å². The topological polar surface area (TPSA) is 54.5 Å². The first-order valence-corrected chi connectivity index (χ1v) is 8.55. The van der Waals surface area contributed by atoms with E-state index >= 15 is 0 Å². The zero-order valence-corrected chi connectivity index (χ0v) is 12.3. The van der Waals surface area contributed by atoms with Crippen LogP contribution < -0.4 is 0 Å². The van der Waals surface area contributed by atoms with Gasteiger partial charge in [0.25, 0.3) is 5.91 Å². The summed E-state index contributed by atoms with van der Waals surface area (Å²) < 4.78 is 23.6. The second kappa shape index (κ2) is 4.66. The van der Waals surface area contributed by atoms with Crippen molar-refractivity contribution in [1.82, 2.24) is 4.90 Å². The summed E-state index contributed by atoms with van der Waals surface area (Å²) in [6.07, 6.45) is 0. The van der Waals surface area contributed by atoms with Gasteiger partial charge in [-0.2, -0.15) is 11.3 Å². The third-order valence-corrected chi connectivity index (χ3v) is 6.84. The minimum atomic E-state index is -3.05. The van der Waals surface area contributed by atoms with E-state index < -0.39 is 15.1 Å². The smallest absolute Gasteiger partial charge is 0.255 e. The van der Waals surface area contributed by atoms with Crippen LogP contribution in [0.15, 0.2) is 10.8 Å². The third kappa shape index (κ3) is 2.19. The summed E-state index contributed by atoms with van der Waals surface area (Å²) in [5.41, 5.74) is 1.65. The molecule has 2 rings (SSSR count). The van der Waals surface area contributed by atoms with E-state index in [1.54, 1.807) is 18.7 Å². The molecule has 6 heteroatoms. The van der Waals surface area contributed by atoms with Crippen molar-refractivity contribution in [2.24, 2.45) is 0 Å². The van der Waals surface area contributed by atoms with E-state index in [0.29, 0.717) is 12.1 Å². The van der Waals surface area contributed by atoms with Gasteiger partial charge in [0, 0.05) is 18.0 Å². The summed E-state index contributed by atoms with van der Waals surface area (Å²) in [7, 11) is -3.05. The number of hydrogen-bond donors (Lipinski definition) is 0. The number of nitrogens with zero attached hydrogens (tertiary/aromatic N) is 1. The Morgan fingerprint density at radius 2 is 2.06 bits per heavy atom. The van der Waals surface area contributed by atoms with E-state index in [2.05, 4.69) is 0 Å². The largest absolute Gasteiger partial charge is 0.334 e. The predicted octanol–water partition coefficient (Wildman–Crippen LogP) is 1.70. The molecule has 0 bridgehead atoms. The zero-order chi connectivity index (χ0) is 13.5. The van der Waals surface area contributed by atoms with E-state index in [1.165, 1.54) is 11.3 Å². The molecule has 18 heavy (non-hydrogen) atoms. The molecule has 0 saturated carbocycles. The molecule has 2 unspecified atom stereocenters. The Balaban J connectivity index is 2.26. The molecule has 1 fully saturated rings. The molecular weight excluding hydrogens is 270 g/mol. The van der Waals surface area contributed by atoms with Crippen LogP contribution in [0.4, 0.5) is 0 Å². The van der Waals surface area contributed by atoms with Crippen LogP contribution in [0.25, 0.3) is 0 Å². The fraction of sp³-hybridized carbons (Fsp3) is 0.583. The Morgan fingerprint density at radius 3 is 2.61 bits per heavy atom. The van der Waals surface area contributed by atoms with Crippen molar-refractivity contribution < 1.29 is 13.2 Å². The summed E-state index contributed by atoms with van der Waals surface area (Å²) in [4.78, 5) is 14.1. The maximum absolute atomic E-state index is 12.4. The Morgan fingerprint density at radius 1 is 1.39 bits per heavy atom. The molecule has 1 aromatic heterocycles. The van der Waals surface area contributed by atoms with Crippen molar-refractivity contribution in [1.29, 1.82) is 0 Å². The normalized spacial score (nSPS) is 27.2. The maximum atomic E-state index is 12.4. The lowest BCUT2D eigenvalue weighted by molar-refractivity contribution is 0.0693. The lowest BCUT2D eigenvalue weighted by atomic mass is 10.1. The highest BCUT2D eigenvalue weighted by Crippen LogP contribution is 2.23. The van der Waals surface area contributed by atoms with E-state index in [0.717, 1.165) is 5.56 Å². The molecule has 0 aliphatic carbocycles. The van der Waals surface area contributed by atoms with Gasteiger partial charge in [-0.25, -0.2) is 8.42 Å². The van der Waals surface area contributed by atoms with E-state index in [-0.39, 0.29) is 17.7 Å². The van der Waals surface area contributed by atoms with Gasteiger partial charge in [-0.15, -0.1) is 0 Å². The first-order chi connectivity index (χ1) is 8.34. The molecule has 1 aliphatic heterocycles. The van der Waals surface area contributed by atoms with Gasteiger partial charge in [-0.1, -0.05) is 0 Å². The Hall–Kier alpha value is -0.880. The minimum absolute atomic E-state index is 0.0528. The molecular formula is C12H17NO3S2. The van der Waals surface area contributed by atoms with Crippen molar-refractivity contribution in [3.8, 4) is 0 Å². The van der Waals surface area contributed by atoms with Crippen LogP contribution in [-0.4, -0.2) is 42.8 Å². The second-order valence-corrected chi connectivity index (χ2v) is 8.00. The third-order valence-electron chi connectivity index (χ3n) is 3.70. The zero-order valence-electron chi connectivity index (χ0n) is 10.7. The molecule has 0 N–H and O–H groups in total. The van der Waals surface area contributed by atoms with Gasteiger partial charge in [0.15, 0.2) is 9.84 Å². The molecule has 2 heterocycles. The predicted molar refractivity (Wildman–Crippen MR) is 72.8 cm³/mol. The highest BCUT2D eigenvalue weighted by molar-refractivity contribution is 7.92. The van der Waals surface area contributed by atoms with Gasteiger partial charge in [-0.05, 0) is 31.7 Å². The number of aryl methyl sites for hydroxylation is 1. The second-order valence-electron chi connectivity index (χ2n) is 4.78. The van der Waals surface area contributed by atoms with Crippen LogP contribution >= 0.6 is 11.3 Å². The Labute approximate surface area is 112 Å². The number of sulfone groups is 1. The molecule has 1 aromatic rings. The van der Waals surface area contributed by atoms with Gasteiger partial charge in [0.2, 0.25) is 0 Å². The number of carbonyl (C=O) groups is 1. The van der Waals surface area contributed by atoms with Crippen LogP contribution in [0.5, 0.6) is 0 Å². The quantitative estimate of drug-likeness (QED) is 0.790. The van der Waals surface area contributed by atoms with Crippen molar-refractivity contribution in [2.75, 3.05) is 12.3 Å². The molecule has 0 aromatic carbocycles. The Bertz CT molecular complexity index is 562. The first-order valence-electron chi connectivity index (χ1n) is 5.90. The SMILES string of the molecule is Cc1cscc1C(=O)N1CCS(=O)(=O)C(C)C1C. The molecule has 4 nitrogen and oxygen atoms in total. The van der Waals surface area contributed by atoms with E-state index in [9.17, 15) is 13.2 Å². The molecule has 2 atom stereocenters. The highest BCUT2D eigenvalue weighted by atomic mass is 32.2. The fourth-order valence-corrected chi connectivity index (χ4v) is 4.58. The number of thiophene rings is 1. The lowest BCUT2D eigenvalue weighted by Gasteiger charge is -2.37. The molecule has 1 saturated heterocycles. The van der Waals surface area contributed by atoms with Crippen LogP contribution in [0.3, 0.4) is 0 Å². The van der Waals surface area contributed by atoms with E-state index in [4.69, 9.17) is 0 Å². The average Bonchev–Trinajstić information content (AvgIpc) is 2.72. The molecule has 0 spiro atoms. The summed E-state index contributed by atoms with van der Waals surface area (Å²) in [5, 5.41) is 3.27. The number of rotatable bonds is 1. The van der Waals surface area contributed by atoms with Gasteiger partial charge >= 0.3 is 0 Å². The summed E-state index contributed by atoms with van der Waals surface area (Å²) >= 11 is 1.49. The molecule has 100 valence electrons. The van der Waals surface area contributed by atoms with Crippen LogP contribution in [0.1, 0.15) is 29.8 Å². The van der Waals surface area contributed by atoms with Crippen molar-refractivity contribution in [2.45, 2.75) is 32.1 Å². The number of hydrogen-bond acceptors (Lipinski definition) is 4. The molecule has 1 amide bonds. The van der Waals surface area contributed by atoms with Gasteiger partial charge in [-0.3, -0.25) is 4.79 Å². The lowest BCUT2D eigenvalue weighted by Crippen LogP contribution is -2.54. The van der Waals surface area contributed by atoms with Crippen LogP contribution in [0, 0.1) is 6.92 Å². The number of carbonyl (C=O) groups excluding carboxylic acids is 1. The van der Waals surface area contributed by atoms with Crippen LogP contribution in [0.2, 0.25) is 0 Å². The summed E-state index contributed by atoms with van der Waals surface area (Å²) in [6, 6.07) is -0.268. The van der Waals surface area contributed by atoms with Crippen molar-refractivity contribution in [3.63, 3.8) is 0 Å². The monoisotopic (exact) mass is 287 g/mol. The maximum Gasteiger partial charge on any atom is 0.255 e. The first kappa shape index (κ1) is 13.5. The highest BCUT2D eigenvalue weighted by Gasteiger charge is 2.38. The molecule has 0 radical (unpaired) electrons. The van der Waals surface area contributed by atoms with Gasteiger partial charge in [0.05, 0.1) is 16.6 Å². The molecule has 1 aliphatic rings. The minimum Gasteiger partial charge on any atom is -0.334 e. The summed E-state index contributed by atoms with van der Waals surface area (Å²) in [6.45, 7) is 5.68. The average molecular weight is 287 g/mol. The number of amides is 1. The van der Waals surface area contributed by atoms with Gasteiger partial charge < -0.3 is 4.90 Å². The van der Waals surface area contributed by atoms with Crippen molar-refractivity contribution in [3.05, 3.63) is 21.9 Å².